The topological polar surface area (TPSA) is 67.2 Å². The number of fused-ring (bicyclic) bond motifs is 1. The van der Waals surface area contributed by atoms with Crippen molar-refractivity contribution in [2.45, 2.75) is 57.8 Å². The fraction of sp³-hybridized carbons (Fsp3) is 0.571. The van der Waals surface area contributed by atoms with Crippen LogP contribution in [-0.2, 0) is 17.5 Å². The van der Waals surface area contributed by atoms with Crippen molar-refractivity contribution in [2.75, 3.05) is 19.6 Å². The number of carbonyl (C=O) groups is 1. The zero-order chi connectivity index (χ0) is 23.8. The van der Waals surface area contributed by atoms with Gasteiger partial charge in [-0.3, -0.25) is 9.59 Å². The first-order valence-corrected chi connectivity index (χ1v) is 10.3. The Morgan fingerprint density at radius 2 is 1.97 bits per heavy atom. The molecule has 1 aromatic heterocycles. The number of amides is 1. The molecule has 32 heavy (non-hydrogen) atoms. The van der Waals surface area contributed by atoms with Gasteiger partial charge in [0.1, 0.15) is 12.6 Å². The highest BCUT2D eigenvalue weighted by Crippen LogP contribution is 2.32. The van der Waals surface area contributed by atoms with Crippen molar-refractivity contribution in [3.8, 4) is 0 Å². The summed E-state index contributed by atoms with van der Waals surface area (Å²) in [5, 5.41) is 6.42. The molecule has 2 aromatic rings. The highest BCUT2D eigenvalue weighted by molar-refractivity contribution is 5.85. The van der Waals surface area contributed by atoms with Gasteiger partial charge >= 0.3 is 6.18 Å². The Balaban J connectivity index is 1.92. The lowest BCUT2D eigenvalue weighted by molar-refractivity contribution is -0.137. The number of hydrogen-bond acceptors (Lipinski definition) is 4. The van der Waals surface area contributed by atoms with Gasteiger partial charge < -0.3 is 10.2 Å². The van der Waals surface area contributed by atoms with Crippen LogP contribution in [0.15, 0.2) is 23.0 Å². The molecule has 0 aliphatic carbocycles. The number of alkyl halides is 5. The van der Waals surface area contributed by atoms with E-state index in [9.17, 15) is 31.5 Å². The number of nitrogens with one attached hydrogen (secondary N) is 1. The number of halogens is 5. The SMILES string of the molecule is CCN1CCC(F)(F)[C@@H](NC(=O)Cn2nc(C(C)C)c3cc(C(F)(F)F)ccc3c2=O)C1. The smallest absolute Gasteiger partial charge is 0.344 e. The van der Waals surface area contributed by atoms with Gasteiger partial charge in [0.15, 0.2) is 0 Å². The predicted octanol–water partition coefficient (Wildman–Crippen LogP) is 3.38. The number of piperidine rings is 1. The minimum Gasteiger partial charge on any atom is -0.344 e. The molecule has 0 unspecified atom stereocenters. The van der Waals surface area contributed by atoms with Gasteiger partial charge in [0.25, 0.3) is 11.5 Å². The molecule has 176 valence electrons. The molecule has 1 atom stereocenters. The molecule has 0 bridgehead atoms. The first kappa shape index (κ1) is 24.1. The first-order valence-electron chi connectivity index (χ1n) is 10.3. The van der Waals surface area contributed by atoms with Crippen molar-refractivity contribution in [3.05, 3.63) is 39.8 Å². The fourth-order valence-corrected chi connectivity index (χ4v) is 3.80. The zero-order valence-corrected chi connectivity index (χ0v) is 18.0. The average molecular weight is 460 g/mol. The van der Waals surface area contributed by atoms with Gasteiger partial charge in [-0.1, -0.05) is 20.8 Å². The van der Waals surface area contributed by atoms with Gasteiger partial charge in [0.05, 0.1) is 16.6 Å². The molecule has 1 aliphatic heterocycles. The summed E-state index contributed by atoms with van der Waals surface area (Å²) in [5.74, 6) is -4.25. The Morgan fingerprint density at radius 1 is 1.28 bits per heavy atom. The van der Waals surface area contributed by atoms with E-state index in [0.717, 1.165) is 22.9 Å². The zero-order valence-electron chi connectivity index (χ0n) is 18.0. The number of nitrogens with zero attached hydrogens (tertiary/aromatic N) is 3. The maximum absolute atomic E-state index is 14.3. The summed E-state index contributed by atoms with van der Waals surface area (Å²) in [7, 11) is 0. The van der Waals surface area contributed by atoms with Gasteiger partial charge in [-0.15, -0.1) is 0 Å². The second-order valence-corrected chi connectivity index (χ2v) is 8.29. The highest BCUT2D eigenvalue weighted by atomic mass is 19.4. The van der Waals surface area contributed by atoms with Crippen LogP contribution in [0.1, 0.15) is 44.4 Å². The van der Waals surface area contributed by atoms with E-state index in [0.29, 0.717) is 6.54 Å². The second kappa shape index (κ2) is 8.76. The monoisotopic (exact) mass is 460 g/mol. The van der Waals surface area contributed by atoms with Gasteiger partial charge in [0, 0.05) is 24.9 Å². The summed E-state index contributed by atoms with van der Waals surface area (Å²) < 4.78 is 68.7. The van der Waals surface area contributed by atoms with Crippen LogP contribution in [0.4, 0.5) is 22.0 Å². The molecule has 1 aliphatic rings. The van der Waals surface area contributed by atoms with Crippen LogP contribution in [0.5, 0.6) is 0 Å². The third-order valence-corrected chi connectivity index (χ3v) is 5.65. The molecule has 1 aromatic carbocycles. The number of carbonyl (C=O) groups excluding carboxylic acids is 1. The summed E-state index contributed by atoms with van der Waals surface area (Å²) in [6.45, 7) is 5.36. The van der Waals surface area contributed by atoms with Crippen molar-refractivity contribution < 1.29 is 26.7 Å². The van der Waals surface area contributed by atoms with Crippen molar-refractivity contribution in [2.24, 2.45) is 0 Å². The van der Waals surface area contributed by atoms with E-state index in [2.05, 4.69) is 10.4 Å². The standard InChI is InChI=1S/C21H25F5N4O2/c1-4-29-8-7-20(22,23)16(10-29)27-17(31)11-30-19(32)14-6-5-13(21(24,25)26)9-15(14)18(28-30)12(2)3/h5-6,9,12,16H,4,7-8,10-11H2,1-3H3,(H,27,31)/t16-/m0/s1. The van der Waals surface area contributed by atoms with Crippen LogP contribution in [0.25, 0.3) is 10.8 Å². The minimum atomic E-state index is -4.59. The average Bonchev–Trinajstić information content (AvgIpc) is 2.70. The van der Waals surface area contributed by atoms with E-state index in [-0.39, 0.29) is 41.9 Å². The van der Waals surface area contributed by atoms with E-state index in [4.69, 9.17) is 0 Å². The Hall–Kier alpha value is -2.56. The van der Waals surface area contributed by atoms with E-state index >= 15 is 0 Å². The molecule has 11 heteroatoms. The molecule has 1 amide bonds. The van der Waals surface area contributed by atoms with E-state index < -0.39 is 41.7 Å². The molecule has 0 spiro atoms. The number of likely N-dealkylation sites (tertiary alicyclic amines) is 1. The molecular formula is C21H25F5N4O2. The Kier molecular flexibility index (Phi) is 6.60. The molecule has 3 rings (SSSR count). The predicted molar refractivity (Wildman–Crippen MR) is 109 cm³/mol. The molecule has 0 saturated carbocycles. The molecule has 1 N–H and O–H groups in total. The van der Waals surface area contributed by atoms with Gasteiger partial charge in [0.2, 0.25) is 5.91 Å². The molecule has 2 heterocycles. The summed E-state index contributed by atoms with van der Waals surface area (Å²) in [6, 6.07) is 1.31. The van der Waals surface area contributed by atoms with Crippen LogP contribution in [0.3, 0.4) is 0 Å². The summed E-state index contributed by atoms with van der Waals surface area (Å²) in [6.07, 6.45) is -4.98. The fourth-order valence-electron chi connectivity index (χ4n) is 3.80. The number of aromatic nitrogens is 2. The van der Waals surface area contributed by atoms with E-state index in [1.54, 1.807) is 18.7 Å². The first-order chi connectivity index (χ1) is 14.8. The largest absolute Gasteiger partial charge is 0.416 e. The molecule has 1 fully saturated rings. The van der Waals surface area contributed by atoms with Gasteiger partial charge in [-0.25, -0.2) is 13.5 Å². The lowest BCUT2D eigenvalue weighted by Gasteiger charge is -2.38. The summed E-state index contributed by atoms with van der Waals surface area (Å²) in [4.78, 5) is 27.1. The van der Waals surface area contributed by atoms with Crippen LogP contribution in [0.2, 0.25) is 0 Å². The van der Waals surface area contributed by atoms with E-state index in [1.165, 1.54) is 0 Å². The van der Waals surface area contributed by atoms with Crippen LogP contribution >= 0.6 is 0 Å². The maximum atomic E-state index is 14.3. The minimum absolute atomic E-state index is 0.0211. The lowest BCUT2D eigenvalue weighted by Crippen LogP contribution is -2.59. The number of rotatable bonds is 5. The molecule has 1 saturated heterocycles. The van der Waals surface area contributed by atoms with Crippen molar-refractivity contribution in [1.82, 2.24) is 20.0 Å². The molecular weight excluding hydrogens is 435 g/mol. The summed E-state index contributed by atoms with van der Waals surface area (Å²) in [5.41, 5.74) is -1.47. The van der Waals surface area contributed by atoms with Gasteiger partial charge in [-0.2, -0.15) is 18.3 Å². The number of hydrogen-bond donors (Lipinski definition) is 1. The molecule has 6 nitrogen and oxygen atoms in total. The normalized spacial score (nSPS) is 19.5. The van der Waals surface area contributed by atoms with E-state index in [1.807, 2.05) is 6.92 Å². The third-order valence-electron chi connectivity index (χ3n) is 5.65. The quantitative estimate of drug-likeness (QED) is 0.695. The second-order valence-electron chi connectivity index (χ2n) is 8.29. The number of likely N-dealkylation sites (N-methyl/N-ethyl adjacent to an activating group) is 1. The maximum Gasteiger partial charge on any atom is 0.416 e. The van der Waals surface area contributed by atoms with Gasteiger partial charge in [-0.05, 0) is 30.7 Å². The Labute approximate surface area is 181 Å². The Morgan fingerprint density at radius 3 is 2.56 bits per heavy atom. The van der Waals surface area contributed by atoms with Crippen molar-refractivity contribution in [1.29, 1.82) is 0 Å². The van der Waals surface area contributed by atoms with Crippen molar-refractivity contribution in [3.63, 3.8) is 0 Å². The van der Waals surface area contributed by atoms with Crippen LogP contribution < -0.4 is 10.9 Å². The van der Waals surface area contributed by atoms with Crippen LogP contribution in [0, 0.1) is 0 Å². The highest BCUT2D eigenvalue weighted by Gasteiger charge is 2.44. The number of benzene rings is 1. The van der Waals surface area contributed by atoms with Crippen LogP contribution in [-0.4, -0.2) is 52.2 Å². The van der Waals surface area contributed by atoms with Crippen molar-refractivity contribution >= 4 is 16.7 Å². The Bertz CT molecular complexity index is 1060. The molecule has 0 radical (unpaired) electrons. The lowest BCUT2D eigenvalue weighted by atomic mass is 10.0. The third kappa shape index (κ3) is 4.92. The summed E-state index contributed by atoms with van der Waals surface area (Å²) >= 11 is 0.